The van der Waals surface area contributed by atoms with Crippen LogP contribution in [0.4, 0.5) is 0 Å². The zero-order chi connectivity index (χ0) is 9.26. The van der Waals surface area contributed by atoms with E-state index in [1.165, 1.54) is 11.3 Å². The maximum absolute atomic E-state index is 10.5. The van der Waals surface area contributed by atoms with Crippen molar-refractivity contribution >= 4 is 27.5 Å². The van der Waals surface area contributed by atoms with E-state index in [1.807, 2.05) is 6.07 Å². The molecular formula is C8H6N2O2S. The lowest BCUT2D eigenvalue weighted by Gasteiger charge is -1.95. The van der Waals surface area contributed by atoms with E-state index >= 15 is 0 Å². The predicted molar refractivity (Wildman–Crippen MR) is 48.8 cm³/mol. The number of fused-ring (bicyclic) bond motifs is 1. The maximum Gasteiger partial charge on any atom is 0.309 e. The van der Waals surface area contributed by atoms with E-state index in [9.17, 15) is 4.79 Å². The Balaban J connectivity index is 2.54. The van der Waals surface area contributed by atoms with Gasteiger partial charge < -0.3 is 5.11 Å². The third-order valence-electron chi connectivity index (χ3n) is 1.64. The molecule has 2 aromatic heterocycles. The van der Waals surface area contributed by atoms with Gasteiger partial charge in [-0.3, -0.25) is 9.78 Å². The Morgan fingerprint density at radius 2 is 2.38 bits per heavy atom. The minimum Gasteiger partial charge on any atom is -0.481 e. The summed E-state index contributed by atoms with van der Waals surface area (Å²) in [5.74, 6) is -0.881. The molecule has 0 unspecified atom stereocenters. The van der Waals surface area contributed by atoms with Gasteiger partial charge in [0.1, 0.15) is 5.52 Å². The van der Waals surface area contributed by atoms with E-state index in [2.05, 4.69) is 9.97 Å². The highest BCUT2D eigenvalue weighted by Gasteiger charge is 2.08. The smallest absolute Gasteiger partial charge is 0.309 e. The van der Waals surface area contributed by atoms with Crippen LogP contribution in [0.15, 0.2) is 17.8 Å². The third-order valence-corrected chi connectivity index (χ3v) is 2.44. The first kappa shape index (κ1) is 8.12. The first-order valence-corrected chi connectivity index (χ1v) is 4.54. The van der Waals surface area contributed by atoms with Gasteiger partial charge in [-0.05, 0) is 6.07 Å². The second kappa shape index (κ2) is 3.10. The zero-order valence-corrected chi connectivity index (χ0v) is 7.41. The fourth-order valence-electron chi connectivity index (χ4n) is 1.12. The molecule has 2 aromatic rings. The highest BCUT2D eigenvalue weighted by molar-refractivity contribution is 7.16. The van der Waals surface area contributed by atoms with E-state index in [0.29, 0.717) is 11.2 Å². The summed E-state index contributed by atoms with van der Waals surface area (Å²) in [7, 11) is 0. The number of aromatic nitrogens is 2. The summed E-state index contributed by atoms with van der Waals surface area (Å²) >= 11 is 1.48. The molecule has 0 aliphatic heterocycles. The molecule has 2 rings (SSSR count). The van der Waals surface area contributed by atoms with Crippen molar-refractivity contribution in [1.29, 1.82) is 0 Å². The van der Waals surface area contributed by atoms with Crippen LogP contribution < -0.4 is 0 Å². The number of hydrogen-bond donors (Lipinski definition) is 1. The molecule has 0 bridgehead atoms. The van der Waals surface area contributed by atoms with Gasteiger partial charge in [0.25, 0.3) is 0 Å². The van der Waals surface area contributed by atoms with Gasteiger partial charge in [-0.2, -0.15) is 0 Å². The Kier molecular flexibility index (Phi) is 1.94. The van der Waals surface area contributed by atoms with Crippen LogP contribution in [-0.4, -0.2) is 21.0 Å². The Bertz CT molecular complexity index is 452. The van der Waals surface area contributed by atoms with Crippen LogP contribution >= 0.6 is 11.3 Å². The fourth-order valence-corrected chi connectivity index (χ4v) is 1.81. The fraction of sp³-hybridized carbons (Fsp3) is 0.125. The lowest BCUT2D eigenvalue weighted by molar-refractivity contribution is -0.136. The van der Waals surface area contributed by atoms with Crippen molar-refractivity contribution in [2.75, 3.05) is 0 Å². The zero-order valence-electron chi connectivity index (χ0n) is 6.60. The van der Waals surface area contributed by atoms with Crippen LogP contribution in [0.25, 0.3) is 10.2 Å². The van der Waals surface area contributed by atoms with Gasteiger partial charge in [0.05, 0.1) is 22.3 Å². The Morgan fingerprint density at radius 3 is 3.15 bits per heavy atom. The van der Waals surface area contributed by atoms with E-state index in [-0.39, 0.29) is 6.42 Å². The van der Waals surface area contributed by atoms with Crippen molar-refractivity contribution in [1.82, 2.24) is 9.97 Å². The van der Waals surface area contributed by atoms with E-state index < -0.39 is 5.97 Å². The summed E-state index contributed by atoms with van der Waals surface area (Å²) in [6.45, 7) is 0. The summed E-state index contributed by atoms with van der Waals surface area (Å²) in [5.41, 5.74) is 2.93. The average molecular weight is 194 g/mol. The largest absolute Gasteiger partial charge is 0.481 e. The van der Waals surface area contributed by atoms with Gasteiger partial charge in [-0.25, -0.2) is 4.98 Å². The number of pyridine rings is 1. The highest BCUT2D eigenvalue weighted by atomic mass is 32.1. The van der Waals surface area contributed by atoms with Crippen molar-refractivity contribution < 1.29 is 9.90 Å². The highest BCUT2D eigenvalue weighted by Crippen LogP contribution is 2.19. The molecule has 0 aliphatic rings. The van der Waals surface area contributed by atoms with Crippen molar-refractivity contribution in [3.63, 3.8) is 0 Å². The summed E-state index contributed by atoms with van der Waals surface area (Å²) < 4.78 is 0.978. The molecule has 0 amide bonds. The molecule has 66 valence electrons. The maximum atomic E-state index is 10.5. The van der Waals surface area contributed by atoms with Gasteiger partial charge in [-0.15, -0.1) is 11.3 Å². The normalized spacial score (nSPS) is 10.5. The number of carboxylic acid groups (broad SMARTS) is 1. The van der Waals surface area contributed by atoms with Crippen molar-refractivity contribution in [2.24, 2.45) is 0 Å². The van der Waals surface area contributed by atoms with Crippen molar-refractivity contribution in [3.8, 4) is 0 Å². The summed E-state index contributed by atoms with van der Waals surface area (Å²) in [5, 5.41) is 8.60. The second-order valence-corrected chi connectivity index (χ2v) is 3.41. The molecule has 0 saturated heterocycles. The lowest BCUT2D eigenvalue weighted by Crippen LogP contribution is -2.02. The topological polar surface area (TPSA) is 63.1 Å². The molecule has 13 heavy (non-hydrogen) atoms. The molecule has 0 atom stereocenters. The minimum absolute atomic E-state index is 0.0684. The Morgan fingerprint density at radius 1 is 1.54 bits per heavy atom. The van der Waals surface area contributed by atoms with Gasteiger partial charge in [0, 0.05) is 6.20 Å². The van der Waals surface area contributed by atoms with Crippen LogP contribution in [0.5, 0.6) is 0 Å². The number of thiazole rings is 1. The van der Waals surface area contributed by atoms with Crippen LogP contribution in [0, 0.1) is 0 Å². The first-order valence-electron chi connectivity index (χ1n) is 3.66. The number of aliphatic carboxylic acids is 1. The third kappa shape index (κ3) is 1.50. The molecule has 2 heterocycles. The van der Waals surface area contributed by atoms with Crippen LogP contribution in [-0.2, 0) is 11.2 Å². The number of hydrogen-bond acceptors (Lipinski definition) is 4. The molecule has 0 fully saturated rings. The van der Waals surface area contributed by atoms with Gasteiger partial charge in [0.15, 0.2) is 0 Å². The van der Waals surface area contributed by atoms with Crippen LogP contribution in [0.2, 0.25) is 0 Å². The minimum atomic E-state index is -0.881. The Hall–Kier alpha value is -1.49. The summed E-state index contributed by atoms with van der Waals surface area (Å²) in [6, 6.07) is 1.83. The number of carboxylic acids is 1. The predicted octanol–water partition coefficient (Wildman–Crippen LogP) is 1.32. The standard InChI is InChI=1S/C8H6N2O2S/c11-7(12)3-5-8-6(1-2-9-5)13-4-10-8/h1-2,4H,3H2,(H,11,12). The molecule has 0 spiro atoms. The molecule has 4 nitrogen and oxygen atoms in total. The van der Waals surface area contributed by atoms with Gasteiger partial charge in [0.2, 0.25) is 0 Å². The number of rotatable bonds is 2. The number of carbonyl (C=O) groups is 1. The number of nitrogens with zero attached hydrogens (tertiary/aromatic N) is 2. The first-order chi connectivity index (χ1) is 6.27. The molecule has 0 aromatic carbocycles. The van der Waals surface area contributed by atoms with E-state index in [0.717, 1.165) is 4.70 Å². The second-order valence-electron chi connectivity index (χ2n) is 2.53. The summed E-state index contributed by atoms with van der Waals surface area (Å²) in [4.78, 5) is 18.5. The molecule has 0 radical (unpaired) electrons. The van der Waals surface area contributed by atoms with Crippen molar-refractivity contribution in [2.45, 2.75) is 6.42 Å². The SMILES string of the molecule is O=C(O)Cc1nccc2scnc12. The van der Waals surface area contributed by atoms with Gasteiger partial charge in [-0.1, -0.05) is 0 Å². The Labute approximate surface area is 77.9 Å². The van der Waals surface area contributed by atoms with E-state index in [4.69, 9.17) is 5.11 Å². The average Bonchev–Trinajstić information content (AvgIpc) is 2.51. The van der Waals surface area contributed by atoms with Crippen molar-refractivity contribution in [3.05, 3.63) is 23.5 Å². The molecule has 5 heteroatoms. The molecule has 0 aliphatic carbocycles. The van der Waals surface area contributed by atoms with E-state index in [1.54, 1.807) is 11.7 Å². The monoisotopic (exact) mass is 194 g/mol. The molecule has 1 N–H and O–H groups in total. The summed E-state index contributed by atoms with van der Waals surface area (Å²) in [6.07, 6.45) is 1.54. The molecular weight excluding hydrogens is 188 g/mol. The quantitative estimate of drug-likeness (QED) is 0.783. The lowest BCUT2D eigenvalue weighted by atomic mass is 10.2. The van der Waals surface area contributed by atoms with Crippen LogP contribution in [0.1, 0.15) is 5.69 Å². The molecule has 0 saturated carbocycles. The van der Waals surface area contributed by atoms with Crippen LogP contribution in [0.3, 0.4) is 0 Å². The van der Waals surface area contributed by atoms with Gasteiger partial charge >= 0.3 is 5.97 Å².